The summed E-state index contributed by atoms with van der Waals surface area (Å²) in [7, 11) is 1.59. The number of nitrogens with one attached hydrogen (secondary N) is 1. The van der Waals surface area contributed by atoms with Crippen molar-refractivity contribution in [2.75, 3.05) is 13.7 Å². The van der Waals surface area contributed by atoms with Crippen LogP contribution < -0.4 is 10.1 Å². The SMILES string of the molecule is CCN1C(=O)/C(=C\C=C\c2ccccc2OC)C(=O)NC1=S. The van der Waals surface area contributed by atoms with Gasteiger partial charge in [-0.15, -0.1) is 0 Å². The van der Waals surface area contributed by atoms with E-state index in [0.29, 0.717) is 12.3 Å². The Morgan fingerprint density at radius 1 is 1.32 bits per heavy atom. The van der Waals surface area contributed by atoms with Crippen LogP contribution in [0.3, 0.4) is 0 Å². The summed E-state index contributed by atoms with van der Waals surface area (Å²) in [4.78, 5) is 25.4. The van der Waals surface area contributed by atoms with Crippen molar-refractivity contribution >= 4 is 35.2 Å². The van der Waals surface area contributed by atoms with E-state index in [9.17, 15) is 9.59 Å². The van der Waals surface area contributed by atoms with Gasteiger partial charge >= 0.3 is 0 Å². The van der Waals surface area contributed by atoms with E-state index in [1.54, 1.807) is 26.2 Å². The van der Waals surface area contributed by atoms with Crippen LogP contribution in [0.5, 0.6) is 5.75 Å². The van der Waals surface area contributed by atoms with E-state index >= 15 is 0 Å². The van der Waals surface area contributed by atoms with Crippen LogP contribution in [0.1, 0.15) is 12.5 Å². The maximum absolute atomic E-state index is 12.2. The highest BCUT2D eigenvalue weighted by Crippen LogP contribution is 2.19. The van der Waals surface area contributed by atoms with Gasteiger partial charge in [-0.1, -0.05) is 30.4 Å². The molecule has 0 bridgehead atoms. The molecule has 0 aromatic heterocycles. The lowest BCUT2D eigenvalue weighted by molar-refractivity contribution is -0.128. The average molecular weight is 316 g/mol. The Labute approximate surface area is 134 Å². The predicted molar refractivity (Wildman–Crippen MR) is 88.2 cm³/mol. The summed E-state index contributed by atoms with van der Waals surface area (Å²) in [5.41, 5.74) is 0.912. The van der Waals surface area contributed by atoms with Crippen molar-refractivity contribution < 1.29 is 14.3 Å². The zero-order valence-electron chi connectivity index (χ0n) is 12.3. The second kappa shape index (κ2) is 7.00. The molecule has 1 N–H and O–H groups in total. The first-order valence-corrected chi connectivity index (χ1v) is 7.17. The van der Waals surface area contributed by atoms with E-state index < -0.39 is 5.91 Å². The number of thiocarbonyl (C=S) groups is 1. The van der Waals surface area contributed by atoms with Gasteiger partial charge in [-0.3, -0.25) is 19.8 Å². The summed E-state index contributed by atoms with van der Waals surface area (Å²) in [6.45, 7) is 2.20. The molecule has 5 nitrogen and oxygen atoms in total. The molecule has 2 rings (SSSR count). The van der Waals surface area contributed by atoms with Crippen LogP contribution >= 0.6 is 12.2 Å². The zero-order chi connectivity index (χ0) is 16.1. The van der Waals surface area contributed by atoms with E-state index in [0.717, 1.165) is 5.56 Å². The standard InChI is InChI=1S/C16H16N2O3S/c1-3-18-15(20)12(14(19)17-16(18)22)9-6-8-11-7-4-5-10-13(11)21-2/h4-10H,3H2,1-2H3,(H,17,19,22)/b8-6+,12-9-. The van der Waals surface area contributed by atoms with Crippen molar-refractivity contribution in [3.63, 3.8) is 0 Å². The van der Waals surface area contributed by atoms with Crippen molar-refractivity contribution in [3.8, 4) is 5.75 Å². The van der Waals surface area contributed by atoms with Gasteiger partial charge in [0.1, 0.15) is 11.3 Å². The maximum Gasteiger partial charge on any atom is 0.265 e. The molecular weight excluding hydrogens is 300 g/mol. The van der Waals surface area contributed by atoms with E-state index in [1.807, 2.05) is 24.3 Å². The molecule has 1 fully saturated rings. The Morgan fingerprint density at radius 3 is 2.73 bits per heavy atom. The molecule has 1 aliphatic rings. The monoisotopic (exact) mass is 316 g/mol. The number of rotatable bonds is 4. The number of hydrogen-bond acceptors (Lipinski definition) is 4. The number of amides is 2. The highest BCUT2D eigenvalue weighted by Gasteiger charge is 2.31. The second-order valence-electron chi connectivity index (χ2n) is 4.49. The molecular formula is C16H16N2O3S. The molecule has 114 valence electrons. The van der Waals surface area contributed by atoms with Gasteiger partial charge in [-0.2, -0.15) is 0 Å². The molecule has 6 heteroatoms. The smallest absolute Gasteiger partial charge is 0.265 e. The maximum atomic E-state index is 12.2. The van der Waals surface area contributed by atoms with Crippen molar-refractivity contribution in [1.82, 2.24) is 10.2 Å². The van der Waals surface area contributed by atoms with Crippen LogP contribution in [-0.4, -0.2) is 35.5 Å². The molecule has 1 aromatic carbocycles. The lowest BCUT2D eigenvalue weighted by atomic mass is 10.1. The normalized spacial score (nSPS) is 17.3. The molecule has 0 aliphatic carbocycles. The molecule has 22 heavy (non-hydrogen) atoms. The summed E-state index contributed by atoms with van der Waals surface area (Å²) in [5.74, 6) is -0.154. The Hall–Kier alpha value is -2.47. The van der Waals surface area contributed by atoms with Crippen LogP contribution in [0.4, 0.5) is 0 Å². The third kappa shape index (κ3) is 3.23. The number of para-hydroxylation sites is 1. The first-order valence-electron chi connectivity index (χ1n) is 6.77. The van der Waals surface area contributed by atoms with Gasteiger partial charge in [0.2, 0.25) is 0 Å². The van der Waals surface area contributed by atoms with E-state index in [2.05, 4.69) is 5.32 Å². The van der Waals surface area contributed by atoms with Crippen LogP contribution in [0.2, 0.25) is 0 Å². The molecule has 0 radical (unpaired) electrons. The van der Waals surface area contributed by atoms with Crippen LogP contribution in [0.25, 0.3) is 6.08 Å². The van der Waals surface area contributed by atoms with Crippen LogP contribution in [0, 0.1) is 0 Å². The van der Waals surface area contributed by atoms with Gasteiger partial charge in [-0.05, 0) is 31.3 Å². The quantitative estimate of drug-likeness (QED) is 0.524. The van der Waals surface area contributed by atoms with Crippen LogP contribution in [-0.2, 0) is 9.59 Å². The number of carbonyl (C=O) groups excluding carboxylic acids is 2. The molecule has 0 unspecified atom stereocenters. The van der Waals surface area contributed by atoms with Gasteiger partial charge in [0, 0.05) is 12.1 Å². The van der Waals surface area contributed by atoms with Crippen molar-refractivity contribution in [3.05, 3.63) is 47.6 Å². The number of ether oxygens (including phenoxy) is 1. The summed E-state index contributed by atoms with van der Waals surface area (Å²) in [6.07, 6.45) is 4.90. The molecule has 0 atom stereocenters. The minimum absolute atomic E-state index is 0.0570. The molecule has 2 amide bonds. The lowest BCUT2D eigenvalue weighted by Crippen LogP contribution is -2.53. The number of benzene rings is 1. The third-order valence-corrected chi connectivity index (χ3v) is 3.50. The van der Waals surface area contributed by atoms with Crippen molar-refractivity contribution in [1.29, 1.82) is 0 Å². The fraction of sp³-hybridized carbons (Fsp3) is 0.188. The van der Waals surface area contributed by atoms with E-state index in [1.165, 1.54) is 11.0 Å². The number of methoxy groups -OCH3 is 1. The second-order valence-corrected chi connectivity index (χ2v) is 4.88. The van der Waals surface area contributed by atoms with E-state index in [4.69, 9.17) is 17.0 Å². The summed E-state index contributed by atoms with van der Waals surface area (Å²) >= 11 is 4.97. The fourth-order valence-electron chi connectivity index (χ4n) is 2.05. The summed E-state index contributed by atoms with van der Waals surface area (Å²) in [5, 5.41) is 2.64. The Bertz CT molecular complexity index is 680. The fourth-order valence-corrected chi connectivity index (χ4v) is 2.36. The van der Waals surface area contributed by atoms with Gasteiger partial charge in [0.15, 0.2) is 5.11 Å². The highest BCUT2D eigenvalue weighted by atomic mass is 32.1. The number of hydrogen-bond donors (Lipinski definition) is 1. The summed E-state index contributed by atoms with van der Waals surface area (Å²) in [6, 6.07) is 7.46. The minimum atomic E-state index is -0.482. The largest absolute Gasteiger partial charge is 0.496 e. The third-order valence-electron chi connectivity index (χ3n) is 3.18. The number of carbonyl (C=O) groups is 2. The van der Waals surface area contributed by atoms with Gasteiger partial charge in [0.05, 0.1) is 7.11 Å². The molecule has 1 heterocycles. The first kappa shape index (κ1) is 15.9. The topological polar surface area (TPSA) is 58.6 Å². The Kier molecular flexibility index (Phi) is 5.06. The number of nitrogens with zero attached hydrogens (tertiary/aromatic N) is 1. The summed E-state index contributed by atoms with van der Waals surface area (Å²) < 4.78 is 5.24. The van der Waals surface area contributed by atoms with Crippen LogP contribution in [0.15, 0.2) is 42.0 Å². The molecule has 0 spiro atoms. The molecule has 1 saturated heterocycles. The van der Waals surface area contributed by atoms with Crippen molar-refractivity contribution in [2.24, 2.45) is 0 Å². The van der Waals surface area contributed by atoms with Gasteiger partial charge in [-0.25, -0.2) is 0 Å². The van der Waals surface area contributed by atoms with Crippen molar-refractivity contribution in [2.45, 2.75) is 6.92 Å². The Balaban J connectivity index is 2.25. The lowest BCUT2D eigenvalue weighted by Gasteiger charge is -2.27. The highest BCUT2D eigenvalue weighted by molar-refractivity contribution is 7.80. The first-order chi connectivity index (χ1) is 10.6. The molecule has 1 aromatic rings. The molecule has 0 saturated carbocycles. The minimum Gasteiger partial charge on any atom is -0.496 e. The average Bonchev–Trinajstić information content (AvgIpc) is 2.51. The number of likely N-dealkylation sites (N-methyl/N-ethyl adjacent to an activating group) is 1. The Morgan fingerprint density at radius 2 is 2.05 bits per heavy atom. The predicted octanol–water partition coefficient (Wildman–Crippen LogP) is 1.90. The molecule has 1 aliphatic heterocycles. The van der Waals surface area contributed by atoms with Gasteiger partial charge < -0.3 is 4.74 Å². The van der Waals surface area contributed by atoms with E-state index in [-0.39, 0.29) is 16.6 Å². The number of allylic oxidation sites excluding steroid dienone is 2. The van der Waals surface area contributed by atoms with Gasteiger partial charge in [0.25, 0.3) is 11.8 Å². The zero-order valence-corrected chi connectivity index (χ0v) is 13.1.